The Morgan fingerprint density at radius 2 is 2.18 bits per heavy atom. The molecule has 0 heterocycles. The lowest BCUT2D eigenvalue weighted by atomic mass is 9.91. The molecule has 0 aliphatic heterocycles. The lowest BCUT2D eigenvalue weighted by molar-refractivity contribution is 0.321. The van der Waals surface area contributed by atoms with Gasteiger partial charge in [-0.15, -0.1) is 0 Å². The van der Waals surface area contributed by atoms with Gasteiger partial charge in [-0.25, -0.2) is 4.39 Å². The van der Waals surface area contributed by atoms with E-state index in [2.05, 4.69) is 4.90 Å². The van der Waals surface area contributed by atoms with Crippen molar-refractivity contribution < 1.29 is 9.13 Å². The Morgan fingerprint density at radius 3 is 2.71 bits per heavy atom. The van der Waals surface area contributed by atoms with Crippen molar-refractivity contribution in [3.8, 4) is 5.75 Å². The fraction of sp³-hybridized carbons (Fsp3) is 0.538. The first-order chi connectivity index (χ1) is 8.13. The summed E-state index contributed by atoms with van der Waals surface area (Å²) in [5, 5.41) is 0. The topological polar surface area (TPSA) is 38.5 Å². The number of hydrogen-bond acceptors (Lipinski definition) is 3. The Hall–Kier alpha value is -1.45. The minimum absolute atomic E-state index is 0.280. The van der Waals surface area contributed by atoms with Gasteiger partial charge in [-0.1, -0.05) is 0 Å². The second-order valence-corrected chi connectivity index (χ2v) is 4.47. The average molecular weight is 238 g/mol. The van der Waals surface area contributed by atoms with E-state index in [9.17, 15) is 4.39 Å². The summed E-state index contributed by atoms with van der Waals surface area (Å²) in [6.07, 6.45) is 3.61. The lowest BCUT2D eigenvalue weighted by Gasteiger charge is -2.37. The molecule has 17 heavy (non-hydrogen) atoms. The summed E-state index contributed by atoms with van der Waals surface area (Å²) in [6.45, 7) is 2.29. The maximum atomic E-state index is 13.6. The van der Waals surface area contributed by atoms with Crippen molar-refractivity contribution in [2.45, 2.75) is 32.2 Å². The van der Waals surface area contributed by atoms with Crippen LogP contribution in [0.25, 0.3) is 0 Å². The van der Waals surface area contributed by atoms with Gasteiger partial charge in [-0.05, 0) is 26.2 Å². The van der Waals surface area contributed by atoms with Crippen molar-refractivity contribution in [3.63, 3.8) is 0 Å². The van der Waals surface area contributed by atoms with E-state index in [0.29, 0.717) is 18.3 Å². The van der Waals surface area contributed by atoms with E-state index in [1.807, 2.05) is 14.0 Å². The smallest absolute Gasteiger partial charge is 0.167 e. The highest BCUT2D eigenvalue weighted by atomic mass is 19.1. The molecule has 1 aliphatic carbocycles. The normalized spacial score (nSPS) is 15.5. The molecule has 2 rings (SSSR count). The SMILES string of the molecule is CCOc1cc(N(C)C2CCC2)c(N)cc1F. The number of anilines is 2. The average Bonchev–Trinajstić information content (AvgIpc) is 2.19. The van der Waals surface area contributed by atoms with Crippen LogP contribution in [0.4, 0.5) is 15.8 Å². The Morgan fingerprint density at radius 1 is 1.47 bits per heavy atom. The van der Waals surface area contributed by atoms with E-state index in [1.165, 1.54) is 25.3 Å². The zero-order chi connectivity index (χ0) is 12.4. The molecule has 1 aromatic rings. The van der Waals surface area contributed by atoms with Gasteiger partial charge in [-0.2, -0.15) is 0 Å². The van der Waals surface area contributed by atoms with Crippen LogP contribution in [-0.4, -0.2) is 19.7 Å². The molecule has 0 aromatic heterocycles. The third-order valence-electron chi connectivity index (χ3n) is 3.38. The van der Waals surface area contributed by atoms with Gasteiger partial charge in [0.1, 0.15) is 0 Å². The molecule has 1 aromatic carbocycles. The molecule has 4 heteroatoms. The summed E-state index contributed by atoms with van der Waals surface area (Å²) in [6, 6.07) is 3.57. The molecule has 0 atom stereocenters. The highest BCUT2D eigenvalue weighted by Crippen LogP contribution is 2.35. The molecule has 0 saturated heterocycles. The molecule has 0 spiro atoms. The number of hydrogen-bond donors (Lipinski definition) is 1. The number of halogens is 1. The van der Waals surface area contributed by atoms with Crippen LogP contribution in [0.3, 0.4) is 0 Å². The first kappa shape index (κ1) is 12.0. The van der Waals surface area contributed by atoms with E-state index in [0.717, 1.165) is 5.69 Å². The molecule has 94 valence electrons. The Labute approximate surface area is 101 Å². The molecule has 0 bridgehead atoms. The molecule has 3 nitrogen and oxygen atoms in total. The number of nitrogens with zero attached hydrogens (tertiary/aromatic N) is 1. The number of rotatable bonds is 4. The molecule has 1 fully saturated rings. The minimum atomic E-state index is -0.393. The summed E-state index contributed by atoms with van der Waals surface area (Å²) in [5.41, 5.74) is 7.20. The third-order valence-corrected chi connectivity index (χ3v) is 3.38. The molecule has 1 aliphatic rings. The largest absolute Gasteiger partial charge is 0.491 e. The number of nitrogen functional groups attached to an aromatic ring is 1. The summed E-state index contributed by atoms with van der Waals surface area (Å²) >= 11 is 0. The first-order valence-electron chi connectivity index (χ1n) is 6.08. The standard InChI is InChI=1S/C13H19FN2O/c1-3-17-13-8-12(11(15)7-10(13)14)16(2)9-5-4-6-9/h7-9H,3-6,15H2,1-2H3. The van der Waals surface area contributed by atoms with Crippen molar-refractivity contribution in [2.75, 3.05) is 24.3 Å². The van der Waals surface area contributed by atoms with E-state index >= 15 is 0 Å². The summed E-state index contributed by atoms with van der Waals surface area (Å²) < 4.78 is 18.8. The van der Waals surface area contributed by atoms with Gasteiger partial charge in [0.15, 0.2) is 11.6 Å². The highest BCUT2D eigenvalue weighted by molar-refractivity contribution is 5.70. The van der Waals surface area contributed by atoms with E-state index in [1.54, 1.807) is 6.07 Å². The monoisotopic (exact) mass is 238 g/mol. The van der Waals surface area contributed by atoms with Crippen molar-refractivity contribution in [3.05, 3.63) is 17.9 Å². The molecule has 2 N–H and O–H groups in total. The Kier molecular flexibility index (Phi) is 3.41. The Balaban J connectivity index is 2.28. The number of benzene rings is 1. The van der Waals surface area contributed by atoms with Gasteiger partial charge in [0.05, 0.1) is 18.0 Å². The van der Waals surface area contributed by atoms with Gasteiger partial charge in [0.25, 0.3) is 0 Å². The fourth-order valence-electron chi connectivity index (χ4n) is 2.10. The number of nitrogens with two attached hydrogens (primary N) is 1. The Bertz CT molecular complexity index is 405. The lowest BCUT2D eigenvalue weighted by Crippen LogP contribution is -2.37. The van der Waals surface area contributed by atoms with Crippen molar-refractivity contribution >= 4 is 11.4 Å². The maximum absolute atomic E-state index is 13.6. The van der Waals surface area contributed by atoms with Gasteiger partial charge >= 0.3 is 0 Å². The van der Waals surface area contributed by atoms with E-state index in [4.69, 9.17) is 10.5 Å². The molecule has 1 saturated carbocycles. The highest BCUT2D eigenvalue weighted by Gasteiger charge is 2.24. The van der Waals surface area contributed by atoms with Crippen LogP contribution in [0.2, 0.25) is 0 Å². The second kappa shape index (κ2) is 4.82. The summed E-state index contributed by atoms with van der Waals surface area (Å²) in [7, 11) is 2.00. The van der Waals surface area contributed by atoms with Gasteiger partial charge in [-0.3, -0.25) is 0 Å². The van der Waals surface area contributed by atoms with E-state index < -0.39 is 5.82 Å². The summed E-state index contributed by atoms with van der Waals surface area (Å²) in [4.78, 5) is 2.13. The van der Waals surface area contributed by atoms with Gasteiger partial charge in [0.2, 0.25) is 0 Å². The van der Waals surface area contributed by atoms with Gasteiger partial charge in [0, 0.05) is 25.2 Å². The molecular weight excluding hydrogens is 219 g/mol. The zero-order valence-corrected chi connectivity index (χ0v) is 10.4. The van der Waals surface area contributed by atoms with Crippen molar-refractivity contribution in [2.24, 2.45) is 0 Å². The quantitative estimate of drug-likeness (QED) is 0.820. The minimum Gasteiger partial charge on any atom is -0.491 e. The van der Waals surface area contributed by atoms with Crippen molar-refractivity contribution in [1.82, 2.24) is 0 Å². The number of ether oxygens (including phenoxy) is 1. The van der Waals surface area contributed by atoms with Crippen LogP contribution in [0.15, 0.2) is 12.1 Å². The molecule has 0 radical (unpaired) electrons. The first-order valence-corrected chi connectivity index (χ1v) is 6.08. The zero-order valence-electron chi connectivity index (χ0n) is 10.4. The van der Waals surface area contributed by atoms with Crippen LogP contribution in [0.1, 0.15) is 26.2 Å². The third kappa shape index (κ3) is 2.30. The fourth-order valence-corrected chi connectivity index (χ4v) is 2.10. The van der Waals surface area contributed by atoms with Crippen LogP contribution in [0, 0.1) is 5.82 Å². The predicted octanol–water partition coefficient (Wildman–Crippen LogP) is 2.80. The predicted molar refractivity (Wildman–Crippen MR) is 68.0 cm³/mol. The van der Waals surface area contributed by atoms with E-state index in [-0.39, 0.29) is 5.75 Å². The van der Waals surface area contributed by atoms with Gasteiger partial charge < -0.3 is 15.4 Å². The summed E-state index contributed by atoms with van der Waals surface area (Å²) in [5.74, 6) is -0.113. The van der Waals surface area contributed by atoms with Crippen LogP contribution >= 0.6 is 0 Å². The van der Waals surface area contributed by atoms with Crippen LogP contribution < -0.4 is 15.4 Å². The second-order valence-electron chi connectivity index (χ2n) is 4.47. The molecule has 0 unspecified atom stereocenters. The molecule has 0 amide bonds. The van der Waals surface area contributed by atoms with Crippen LogP contribution in [-0.2, 0) is 0 Å². The van der Waals surface area contributed by atoms with Crippen LogP contribution in [0.5, 0.6) is 5.75 Å². The van der Waals surface area contributed by atoms with Crippen molar-refractivity contribution in [1.29, 1.82) is 0 Å². The molecular formula is C13H19FN2O. The maximum Gasteiger partial charge on any atom is 0.167 e.